The number of aromatic nitrogens is 2. The molecule has 2 rings (SSSR count). The minimum Gasteiger partial charge on any atom is -0.383 e. The molecule has 9 nitrogen and oxygen atoms in total. The number of aliphatic hydroxyl groups is 1. The van der Waals surface area contributed by atoms with Gasteiger partial charge in [0.15, 0.2) is 5.96 Å². The van der Waals surface area contributed by atoms with Crippen molar-refractivity contribution in [2.45, 2.75) is 38.7 Å². The van der Waals surface area contributed by atoms with Crippen molar-refractivity contribution in [3.05, 3.63) is 57.9 Å². The van der Waals surface area contributed by atoms with E-state index in [1.807, 2.05) is 14.0 Å². The highest BCUT2D eigenvalue weighted by molar-refractivity contribution is 5.79. The van der Waals surface area contributed by atoms with Gasteiger partial charge in [-0.1, -0.05) is 12.1 Å². The number of nitrogens with one attached hydrogen (secondary N) is 2. The van der Waals surface area contributed by atoms with Gasteiger partial charge in [-0.2, -0.15) is 5.10 Å². The summed E-state index contributed by atoms with van der Waals surface area (Å²) in [5.74, 6) is 0.659. The number of aliphatic imine (C=N–C) groups is 1. The molecule has 0 saturated carbocycles. The lowest BCUT2D eigenvalue weighted by atomic mass is 10.0. The lowest BCUT2D eigenvalue weighted by molar-refractivity contribution is -0.384. The maximum atomic E-state index is 10.7. The fourth-order valence-electron chi connectivity index (χ4n) is 2.81. The number of rotatable bonds is 10. The Hall–Kier alpha value is -2.94. The van der Waals surface area contributed by atoms with Gasteiger partial charge in [0.1, 0.15) is 5.60 Å². The Morgan fingerprint density at radius 3 is 2.62 bits per heavy atom. The van der Waals surface area contributed by atoms with E-state index in [1.54, 1.807) is 36.1 Å². The highest BCUT2D eigenvalue weighted by Gasteiger charge is 2.24. The Morgan fingerprint density at radius 2 is 2.03 bits per heavy atom. The monoisotopic (exact) mass is 402 g/mol. The van der Waals surface area contributed by atoms with Crippen molar-refractivity contribution >= 4 is 11.6 Å². The molecule has 3 N–H and O–H groups in total. The Morgan fingerprint density at radius 1 is 1.31 bits per heavy atom. The van der Waals surface area contributed by atoms with E-state index >= 15 is 0 Å². The first kappa shape index (κ1) is 22.4. The highest BCUT2D eigenvalue weighted by Crippen LogP contribution is 2.19. The third-order valence-corrected chi connectivity index (χ3v) is 4.55. The normalized spacial score (nSPS) is 13.7. The predicted octanol–water partition coefficient (Wildman–Crippen LogP) is 2.11. The molecule has 2 aromatic rings. The molecule has 1 atom stereocenters. The Labute approximate surface area is 171 Å². The Kier molecular flexibility index (Phi) is 8.14. The summed E-state index contributed by atoms with van der Waals surface area (Å²) >= 11 is 0. The number of benzene rings is 1. The first-order chi connectivity index (χ1) is 13.8. The molecule has 0 aliphatic rings. The zero-order valence-electron chi connectivity index (χ0n) is 17.3. The topological polar surface area (TPSA) is 118 Å². The minimum absolute atomic E-state index is 0.115. The van der Waals surface area contributed by atoms with Gasteiger partial charge in [0.25, 0.3) is 5.69 Å². The van der Waals surface area contributed by atoms with Crippen LogP contribution in [0.1, 0.15) is 37.8 Å². The molecule has 0 saturated heterocycles. The molecule has 9 heteroatoms. The standard InChI is InChI=1S/C20H30N6O3/c1-4-21-19(23-15-20(2,27)17-13-24-25(3)14-17)22-12-6-5-7-16-8-10-18(11-9-16)26(28)29/h8-11,13-14,27H,4-7,12,15H2,1-3H3,(H2,21,22,23). The number of nitro groups is 1. The van der Waals surface area contributed by atoms with Crippen molar-refractivity contribution in [3.63, 3.8) is 0 Å². The lowest BCUT2D eigenvalue weighted by Crippen LogP contribution is -2.39. The van der Waals surface area contributed by atoms with Crippen molar-refractivity contribution in [1.82, 2.24) is 20.4 Å². The highest BCUT2D eigenvalue weighted by atomic mass is 16.6. The van der Waals surface area contributed by atoms with E-state index in [0.717, 1.165) is 43.5 Å². The average molecular weight is 402 g/mol. The molecule has 0 fully saturated rings. The van der Waals surface area contributed by atoms with Crippen LogP contribution in [0, 0.1) is 10.1 Å². The Bertz CT molecular complexity index is 814. The molecule has 0 bridgehead atoms. The number of unbranched alkanes of at least 4 members (excludes halogenated alkanes) is 1. The van der Waals surface area contributed by atoms with Crippen molar-refractivity contribution < 1.29 is 10.0 Å². The van der Waals surface area contributed by atoms with Crippen LogP contribution in [0.5, 0.6) is 0 Å². The van der Waals surface area contributed by atoms with E-state index in [-0.39, 0.29) is 17.2 Å². The zero-order valence-corrected chi connectivity index (χ0v) is 17.3. The molecule has 1 heterocycles. The van der Waals surface area contributed by atoms with Crippen molar-refractivity contribution in [2.75, 3.05) is 19.6 Å². The van der Waals surface area contributed by atoms with E-state index in [0.29, 0.717) is 5.96 Å². The molecule has 1 aromatic carbocycles. The van der Waals surface area contributed by atoms with Crippen LogP contribution < -0.4 is 10.6 Å². The van der Waals surface area contributed by atoms with Crippen molar-refractivity contribution in [1.29, 1.82) is 0 Å². The number of hydrogen-bond donors (Lipinski definition) is 3. The van der Waals surface area contributed by atoms with Crippen LogP contribution in [0.15, 0.2) is 41.7 Å². The van der Waals surface area contributed by atoms with Gasteiger partial charge >= 0.3 is 0 Å². The van der Waals surface area contributed by atoms with E-state index in [2.05, 4.69) is 20.7 Å². The van der Waals surface area contributed by atoms with Crippen LogP contribution in [0.3, 0.4) is 0 Å². The molecular weight excluding hydrogens is 372 g/mol. The molecule has 0 amide bonds. The molecule has 1 aromatic heterocycles. The first-order valence-corrected chi connectivity index (χ1v) is 9.79. The van der Waals surface area contributed by atoms with Crippen LogP contribution in [-0.2, 0) is 19.1 Å². The third kappa shape index (κ3) is 7.19. The summed E-state index contributed by atoms with van der Waals surface area (Å²) in [7, 11) is 1.81. The molecule has 0 aliphatic heterocycles. The molecule has 29 heavy (non-hydrogen) atoms. The number of hydrogen-bond acceptors (Lipinski definition) is 5. The van der Waals surface area contributed by atoms with Gasteiger partial charge in [-0.25, -0.2) is 4.99 Å². The Balaban J connectivity index is 1.78. The summed E-state index contributed by atoms with van der Waals surface area (Å²) < 4.78 is 1.65. The van der Waals surface area contributed by atoms with Gasteiger partial charge in [0.05, 0.1) is 17.7 Å². The van der Waals surface area contributed by atoms with Gasteiger partial charge in [-0.15, -0.1) is 0 Å². The summed E-state index contributed by atoms with van der Waals surface area (Å²) in [6, 6.07) is 6.69. The molecule has 1 unspecified atom stereocenters. The fourth-order valence-corrected chi connectivity index (χ4v) is 2.81. The number of guanidine groups is 1. The molecule has 0 aliphatic carbocycles. The summed E-state index contributed by atoms with van der Waals surface area (Å²) in [6.07, 6.45) is 6.18. The molecule has 0 spiro atoms. The van der Waals surface area contributed by atoms with E-state index < -0.39 is 5.60 Å². The molecule has 0 radical (unpaired) electrons. The predicted molar refractivity (Wildman–Crippen MR) is 113 cm³/mol. The van der Waals surface area contributed by atoms with Gasteiger partial charge in [0, 0.05) is 44.0 Å². The summed E-state index contributed by atoms with van der Waals surface area (Å²) in [5, 5.41) is 31.9. The maximum absolute atomic E-state index is 10.7. The fraction of sp³-hybridized carbons (Fsp3) is 0.500. The second-order valence-electron chi connectivity index (χ2n) is 7.18. The van der Waals surface area contributed by atoms with Crippen LogP contribution >= 0.6 is 0 Å². The largest absolute Gasteiger partial charge is 0.383 e. The lowest BCUT2D eigenvalue weighted by Gasteiger charge is -2.20. The second kappa shape index (κ2) is 10.6. The number of nitrogens with zero attached hydrogens (tertiary/aromatic N) is 4. The van der Waals surface area contributed by atoms with Crippen molar-refractivity contribution in [3.8, 4) is 0 Å². The second-order valence-corrected chi connectivity index (χ2v) is 7.18. The van der Waals surface area contributed by atoms with Crippen molar-refractivity contribution in [2.24, 2.45) is 12.0 Å². The number of nitro benzene ring substituents is 1. The summed E-state index contributed by atoms with van der Waals surface area (Å²) in [6.45, 7) is 5.40. The first-order valence-electron chi connectivity index (χ1n) is 9.79. The maximum Gasteiger partial charge on any atom is 0.269 e. The van der Waals surface area contributed by atoms with Gasteiger partial charge in [0.2, 0.25) is 0 Å². The molecular formula is C20H30N6O3. The molecule has 158 valence electrons. The summed E-state index contributed by atoms with van der Waals surface area (Å²) in [5.41, 5.74) is 0.836. The van der Waals surface area contributed by atoms with E-state index in [9.17, 15) is 15.2 Å². The summed E-state index contributed by atoms with van der Waals surface area (Å²) in [4.78, 5) is 14.8. The van der Waals surface area contributed by atoms with Crippen LogP contribution in [0.25, 0.3) is 0 Å². The quantitative estimate of drug-likeness (QED) is 0.184. The number of non-ortho nitro benzene ring substituents is 1. The minimum atomic E-state index is -1.09. The van der Waals surface area contributed by atoms with Crippen LogP contribution in [0.4, 0.5) is 5.69 Å². The van der Waals surface area contributed by atoms with Gasteiger partial charge in [-0.05, 0) is 38.7 Å². The number of aryl methyl sites for hydroxylation is 2. The van der Waals surface area contributed by atoms with Crippen LogP contribution in [-0.4, -0.2) is 45.4 Å². The zero-order chi connectivity index (χ0) is 21.3. The SMILES string of the molecule is CCNC(=NCC(C)(O)c1cnn(C)c1)NCCCCc1ccc([N+](=O)[O-])cc1. The van der Waals surface area contributed by atoms with Gasteiger partial charge < -0.3 is 15.7 Å². The van der Waals surface area contributed by atoms with Gasteiger partial charge in [-0.3, -0.25) is 14.8 Å². The smallest absolute Gasteiger partial charge is 0.269 e. The van der Waals surface area contributed by atoms with E-state index in [4.69, 9.17) is 0 Å². The third-order valence-electron chi connectivity index (χ3n) is 4.55. The average Bonchev–Trinajstić information content (AvgIpc) is 3.13. The van der Waals surface area contributed by atoms with E-state index in [1.165, 1.54) is 12.1 Å². The van der Waals surface area contributed by atoms with Crippen LogP contribution in [0.2, 0.25) is 0 Å².